The van der Waals surface area contributed by atoms with E-state index in [2.05, 4.69) is 5.32 Å². The Bertz CT molecular complexity index is 629. The summed E-state index contributed by atoms with van der Waals surface area (Å²) in [5, 5.41) is 23.4. The Hall–Kier alpha value is -2.27. The zero-order chi connectivity index (χ0) is 14.7. The Morgan fingerprint density at radius 1 is 1.25 bits per heavy atom. The molecule has 0 bridgehead atoms. The van der Waals surface area contributed by atoms with Crippen LogP contribution < -0.4 is 5.32 Å². The first-order valence-corrected chi connectivity index (χ1v) is 6.34. The first-order chi connectivity index (χ1) is 9.47. The van der Waals surface area contributed by atoms with E-state index >= 15 is 0 Å². The van der Waals surface area contributed by atoms with Crippen LogP contribution in [0.25, 0.3) is 0 Å². The molecule has 2 N–H and O–H groups in total. The van der Waals surface area contributed by atoms with E-state index in [9.17, 15) is 15.2 Å². The highest BCUT2D eigenvalue weighted by Gasteiger charge is 2.12. The zero-order valence-corrected chi connectivity index (χ0v) is 11.5. The summed E-state index contributed by atoms with van der Waals surface area (Å²) < 4.78 is 0. The quantitative estimate of drug-likeness (QED) is 0.656. The molecule has 0 spiro atoms. The van der Waals surface area contributed by atoms with E-state index in [4.69, 9.17) is 11.6 Å². The maximum absolute atomic E-state index is 10.6. The number of anilines is 1. The van der Waals surface area contributed by atoms with E-state index in [0.29, 0.717) is 10.7 Å². The Labute approximate surface area is 121 Å². The van der Waals surface area contributed by atoms with Gasteiger partial charge in [-0.3, -0.25) is 10.1 Å². The summed E-state index contributed by atoms with van der Waals surface area (Å²) in [5.41, 5.74) is 1.55. The van der Waals surface area contributed by atoms with Gasteiger partial charge >= 0.3 is 0 Å². The summed E-state index contributed by atoms with van der Waals surface area (Å²) in [6.45, 7) is 1.93. The lowest BCUT2D eigenvalue weighted by Crippen LogP contribution is -2.06. The second kappa shape index (κ2) is 5.79. The van der Waals surface area contributed by atoms with Gasteiger partial charge < -0.3 is 10.4 Å². The van der Waals surface area contributed by atoms with Crippen molar-refractivity contribution in [2.45, 2.75) is 13.0 Å². The first kappa shape index (κ1) is 14.1. The van der Waals surface area contributed by atoms with E-state index in [0.717, 1.165) is 5.56 Å². The minimum Gasteiger partial charge on any atom is -0.508 e. The van der Waals surface area contributed by atoms with Gasteiger partial charge in [0.1, 0.15) is 5.75 Å². The molecule has 2 rings (SSSR count). The maximum atomic E-state index is 10.6. The molecule has 5 nitrogen and oxygen atoms in total. The highest BCUT2D eigenvalue weighted by molar-refractivity contribution is 6.33. The normalized spacial score (nSPS) is 11.9. The van der Waals surface area contributed by atoms with Crippen molar-refractivity contribution in [3.05, 3.63) is 63.2 Å². The molecule has 0 saturated heterocycles. The smallest absolute Gasteiger partial charge is 0.271 e. The van der Waals surface area contributed by atoms with Crippen LogP contribution in [0.15, 0.2) is 42.5 Å². The number of rotatable bonds is 4. The molecule has 0 radical (unpaired) electrons. The summed E-state index contributed by atoms with van der Waals surface area (Å²) in [5.74, 6) is 0.203. The monoisotopic (exact) mass is 292 g/mol. The molecule has 20 heavy (non-hydrogen) atoms. The van der Waals surface area contributed by atoms with Gasteiger partial charge in [0.25, 0.3) is 5.69 Å². The number of nitro groups is 1. The molecule has 1 unspecified atom stereocenters. The second-order valence-electron chi connectivity index (χ2n) is 4.38. The Kier molecular flexibility index (Phi) is 4.10. The molecule has 0 fully saturated rings. The van der Waals surface area contributed by atoms with E-state index in [1.165, 1.54) is 12.1 Å². The average Bonchev–Trinajstić information content (AvgIpc) is 2.41. The zero-order valence-electron chi connectivity index (χ0n) is 10.7. The standard InChI is InChI=1S/C14H13ClN2O3/c1-9(10-2-5-12(18)6-3-10)16-14-7-4-11(17(19)20)8-13(14)15/h2-9,16,18H,1H3. The van der Waals surface area contributed by atoms with Gasteiger partial charge in [0.2, 0.25) is 0 Å². The fourth-order valence-electron chi connectivity index (χ4n) is 1.81. The molecular formula is C14H13ClN2O3. The molecule has 104 valence electrons. The van der Waals surface area contributed by atoms with E-state index in [1.54, 1.807) is 30.3 Å². The third-order valence-corrected chi connectivity index (χ3v) is 3.24. The number of hydrogen-bond acceptors (Lipinski definition) is 4. The number of nitro benzene ring substituents is 1. The summed E-state index contributed by atoms with van der Waals surface area (Å²) in [6.07, 6.45) is 0. The molecule has 0 aliphatic heterocycles. The van der Waals surface area contributed by atoms with Crippen molar-refractivity contribution in [1.82, 2.24) is 0 Å². The average molecular weight is 293 g/mol. The largest absolute Gasteiger partial charge is 0.508 e. The highest BCUT2D eigenvalue weighted by atomic mass is 35.5. The number of halogens is 1. The van der Waals surface area contributed by atoms with Crippen molar-refractivity contribution < 1.29 is 10.0 Å². The van der Waals surface area contributed by atoms with Gasteiger partial charge in [-0.05, 0) is 30.7 Å². The number of phenols is 1. The molecule has 0 aliphatic rings. The number of non-ortho nitro benzene ring substituents is 1. The maximum Gasteiger partial charge on any atom is 0.271 e. The molecular weight excluding hydrogens is 280 g/mol. The second-order valence-corrected chi connectivity index (χ2v) is 4.79. The van der Waals surface area contributed by atoms with Crippen LogP contribution in [0.3, 0.4) is 0 Å². The number of nitrogens with zero attached hydrogens (tertiary/aromatic N) is 1. The van der Waals surface area contributed by atoms with Crippen LogP contribution >= 0.6 is 11.6 Å². The SMILES string of the molecule is CC(Nc1ccc([N+](=O)[O-])cc1Cl)c1ccc(O)cc1. The van der Waals surface area contributed by atoms with Gasteiger partial charge in [-0.25, -0.2) is 0 Å². The van der Waals surface area contributed by atoms with Crippen LogP contribution in [0.2, 0.25) is 5.02 Å². The van der Waals surface area contributed by atoms with Gasteiger partial charge in [0, 0.05) is 18.2 Å². The van der Waals surface area contributed by atoms with Gasteiger partial charge in [-0.1, -0.05) is 23.7 Å². The Balaban J connectivity index is 2.17. The lowest BCUT2D eigenvalue weighted by atomic mass is 10.1. The molecule has 2 aromatic carbocycles. The van der Waals surface area contributed by atoms with Crippen molar-refractivity contribution in [2.75, 3.05) is 5.32 Å². The van der Waals surface area contributed by atoms with Crippen LogP contribution in [0, 0.1) is 10.1 Å². The van der Waals surface area contributed by atoms with Gasteiger partial charge in [0.15, 0.2) is 0 Å². The number of nitrogens with one attached hydrogen (secondary N) is 1. The molecule has 6 heteroatoms. The van der Waals surface area contributed by atoms with E-state index in [1.807, 2.05) is 6.92 Å². The molecule has 0 aliphatic carbocycles. The third-order valence-electron chi connectivity index (χ3n) is 2.93. The van der Waals surface area contributed by atoms with Crippen molar-refractivity contribution in [3.63, 3.8) is 0 Å². The van der Waals surface area contributed by atoms with Crippen molar-refractivity contribution in [2.24, 2.45) is 0 Å². The third kappa shape index (κ3) is 3.19. The van der Waals surface area contributed by atoms with Crippen LogP contribution in [0.5, 0.6) is 5.75 Å². The van der Waals surface area contributed by atoms with Crippen LogP contribution in [0.4, 0.5) is 11.4 Å². The van der Waals surface area contributed by atoms with Crippen molar-refractivity contribution in [3.8, 4) is 5.75 Å². The minimum absolute atomic E-state index is 0.0437. The van der Waals surface area contributed by atoms with Gasteiger partial charge in [-0.2, -0.15) is 0 Å². The molecule has 0 amide bonds. The first-order valence-electron chi connectivity index (χ1n) is 5.97. The number of aromatic hydroxyl groups is 1. The number of benzene rings is 2. The fourth-order valence-corrected chi connectivity index (χ4v) is 2.04. The number of hydrogen-bond donors (Lipinski definition) is 2. The lowest BCUT2D eigenvalue weighted by molar-refractivity contribution is -0.384. The summed E-state index contributed by atoms with van der Waals surface area (Å²) in [7, 11) is 0. The Morgan fingerprint density at radius 2 is 1.90 bits per heavy atom. The molecule has 2 aromatic rings. The summed E-state index contributed by atoms with van der Waals surface area (Å²) in [6, 6.07) is 11.0. The van der Waals surface area contributed by atoms with E-state index in [-0.39, 0.29) is 17.5 Å². The van der Waals surface area contributed by atoms with Crippen molar-refractivity contribution >= 4 is 23.0 Å². The minimum atomic E-state index is -0.487. The van der Waals surface area contributed by atoms with Crippen LogP contribution in [0.1, 0.15) is 18.5 Å². The van der Waals surface area contributed by atoms with Crippen molar-refractivity contribution in [1.29, 1.82) is 0 Å². The van der Waals surface area contributed by atoms with Crippen LogP contribution in [-0.2, 0) is 0 Å². The highest BCUT2D eigenvalue weighted by Crippen LogP contribution is 2.29. The fraction of sp³-hybridized carbons (Fsp3) is 0.143. The topological polar surface area (TPSA) is 75.4 Å². The van der Waals surface area contributed by atoms with Gasteiger partial charge in [0.05, 0.1) is 15.6 Å². The molecule has 0 saturated carbocycles. The summed E-state index contributed by atoms with van der Waals surface area (Å²) in [4.78, 5) is 10.2. The molecule has 0 heterocycles. The molecule has 1 atom stereocenters. The Morgan fingerprint density at radius 3 is 2.45 bits per heavy atom. The lowest BCUT2D eigenvalue weighted by Gasteiger charge is -2.16. The van der Waals surface area contributed by atoms with Crippen LogP contribution in [-0.4, -0.2) is 10.0 Å². The van der Waals surface area contributed by atoms with E-state index < -0.39 is 4.92 Å². The number of phenolic OH excluding ortho intramolecular Hbond substituents is 1. The predicted octanol–water partition coefficient (Wildman–Crippen LogP) is 4.13. The van der Waals surface area contributed by atoms with Gasteiger partial charge in [-0.15, -0.1) is 0 Å². The summed E-state index contributed by atoms with van der Waals surface area (Å²) >= 11 is 6.02. The predicted molar refractivity (Wildman–Crippen MR) is 78.3 cm³/mol. The molecule has 0 aromatic heterocycles.